The van der Waals surface area contributed by atoms with E-state index in [0.29, 0.717) is 18.9 Å². The number of hydrogen-bond donors (Lipinski definition) is 1. The maximum atomic E-state index is 11.1. The fraction of sp³-hybridized carbons (Fsp3) is 0.300. The van der Waals surface area contributed by atoms with Gasteiger partial charge in [-0.05, 0) is 6.08 Å². The zero-order chi connectivity index (χ0) is 12.0. The number of nitrogens with zero attached hydrogens (tertiary/aromatic N) is 3. The molecule has 0 aliphatic heterocycles. The van der Waals surface area contributed by atoms with Crippen molar-refractivity contribution in [3.8, 4) is 5.75 Å². The quantitative estimate of drug-likeness (QED) is 0.713. The summed E-state index contributed by atoms with van der Waals surface area (Å²) in [6, 6.07) is 0. The lowest BCUT2D eigenvalue weighted by atomic mass is 10.5. The van der Waals surface area contributed by atoms with Crippen LogP contribution in [0, 0.1) is 0 Å². The van der Waals surface area contributed by atoms with Gasteiger partial charge in [-0.2, -0.15) is 0 Å². The number of anilines is 1. The van der Waals surface area contributed by atoms with Crippen LogP contribution in [0.25, 0.3) is 0 Å². The zero-order valence-electron chi connectivity index (χ0n) is 9.09. The smallest absolute Gasteiger partial charge is 0.245 e. The third-order valence-electron chi connectivity index (χ3n) is 1.94. The van der Waals surface area contributed by atoms with Gasteiger partial charge in [0, 0.05) is 7.05 Å². The molecular formula is C10H14N4O2. The first-order valence-electron chi connectivity index (χ1n) is 4.71. The third kappa shape index (κ3) is 3.23. The molecule has 0 saturated heterocycles. The molecule has 0 saturated carbocycles. The van der Waals surface area contributed by atoms with Gasteiger partial charge >= 0.3 is 0 Å². The first-order valence-corrected chi connectivity index (χ1v) is 4.71. The molecule has 6 heteroatoms. The fourth-order valence-corrected chi connectivity index (χ4v) is 0.996. The Hall–Kier alpha value is -2.11. The lowest BCUT2D eigenvalue weighted by molar-refractivity contribution is -0.125. The molecule has 2 N–H and O–H groups in total. The van der Waals surface area contributed by atoms with E-state index < -0.39 is 0 Å². The van der Waals surface area contributed by atoms with Crippen molar-refractivity contribution in [3.63, 3.8) is 0 Å². The Balaban J connectivity index is 2.39. The Bertz CT molecular complexity index is 381. The molecule has 0 fully saturated rings. The number of ether oxygens (including phenoxy) is 1. The summed E-state index contributed by atoms with van der Waals surface area (Å²) in [5.41, 5.74) is 5.55. The molecule has 1 rings (SSSR count). The third-order valence-corrected chi connectivity index (χ3v) is 1.94. The molecule has 0 bridgehead atoms. The molecule has 0 spiro atoms. The van der Waals surface area contributed by atoms with Crippen LogP contribution in [-0.4, -0.2) is 41.0 Å². The van der Waals surface area contributed by atoms with Crippen LogP contribution >= 0.6 is 0 Å². The van der Waals surface area contributed by atoms with Crippen LogP contribution in [0.5, 0.6) is 5.75 Å². The number of carbonyl (C=O) groups excluding carboxylic acids is 1. The molecule has 86 valence electrons. The minimum Gasteiger partial charge on any atom is -0.486 e. The maximum Gasteiger partial charge on any atom is 0.245 e. The van der Waals surface area contributed by atoms with Gasteiger partial charge in [0.15, 0.2) is 11.6 Å². The minimum atomic E-state index is -0.152. The summed E-state index contributed by atoms with van der Waals surface area (Å²) in [6.07, 6.45) is 4.08. The molecule has 0 unspecified atom stereocenters. The lowest BCUT2D eigenvalue weighted by Gasteiger charge is -2.15. The summed E-state index contributed by atoms with van der Waals surface area (Å²) < 4.78 is 5.32. The van der Waals surface area contributed by atoms with Crippen LogP contribution in [0.15, 0.2) is 25.2 Å². The largest absolute Gasteiger partial charge is 0.486 e. The molecule has 1 heterocycles. The Kier molecular flexibility index (Phi) is 4.26. The van der Waals surface area contributed by atoms with Gasteiger partial charge in [0.25, 0.3) is 0 Å². The van der Waals surface area contributed by atoms with Gasteiger partial charge in [0.1, 0.15) is 12.9 Å². The van der Waals surface area contributed by atoms with Crippen molar-refractivity contribution in [1.29, 1.82) is 0 Å². The molecule has 0 aliphatic carbocycles. The highest BCUT2D eigenvalue weighted by Crippen LogP contribution is 2.14. The van der Waals surface area contributed by atoms with Gasteiger partial charge in [-0.15, -0.1) is 0 Å². The van der Waals surface area contributed by atoms with Crippen molar-refractivity contribution in [2.45, 2.75) is 0 Å². The Morgan fingerprint density at radius 1 is 1.75 bits per heavy atom. The second-order valence-electron chi connectivity index (χ2n) is 3.08. The second kappa shape index (κ2) is 5.69. The van der Waals surface area contributed by atoms with Crippen LogP contribution < -0.4 is 10.5 Å². The predicted molar refractivity (Wildman–Crippen MR) is 59.8 cm³/mol. The van der Waals surface area contributed by atoms with Gasteiger partial charge in [-0.25, -0.2) is 9.97 Å². The summed E-state index contributed by atoms with van der Waals surface area (Å²) >= 11 is 0. The number of hydrogen-bond acceptors (Lipinski definition) is 5. The lowest BCUT2D eigenvalue weighted by Crippen LogP contribution is -2.29. The van der Waals surface area contributed by atoms with E-state index in [9.17, 15) is 4.79 Å². The first kappa shape index (κ1) is 12.0. The molecule has 1 amide bonds. The summed E-state index contributed by atoms with van der Waals surface area (Å²) in [7, 11) is 1.66. The summed E-state index contributed by atoms with van der Waals surface area (Å²) in [5.74, 6) is 0.551. The van der Waals surface area contributed by atoms with E-state index in [4.69, 9.17) is 10.5 Å². The molecule has 6 nitrogen and oxygen atoms in total. The Morgan fingerprint density at radius 3 is 3.12 bits per heavy atom. The van der Waals surface area contributed by atoms with Crippen LogP contribution in [0.4, 0.5) is 5.82 Å². The van der Waals surface area contributed by atoms with Crippen molar-refractivity contribution in [2.24, 2.45) is 0 Å². The number of nitrogens with two attached hydrogens (primary N) is 1. The number of carbonyl (C=O) groups is 1. The monoisotopic (exact) mass is 222 g/mol. The molecule has 0 radical (unpaired) electrons. The average Bonchev–Trinajstić information content (AvgIpc) is 2.30. The Morgan fingerprint density at radius 2 is 2.50 bits per heavy atom. The van der Waals surface area contributed by atoms with Crippen LogP contribution in [0.2, 0.25) is 0 Å². The molecule has 0 aliphatic rings. The van der Waals surface area contributed by atoms with Gasteiger partial charge in [-0.1, -0.05) is 6.58 Å². The predicted octanol–water partition coefficient (Wildman–Crippen LogP) is 0.0820. The summed E-state index contributed by atoms with van der Waals surface area (Å²) in [6.45, 7) is 4.16. The van der Waals surface area contributed by atoms with Gasteiger partial charge in [-0.3, -0.25) is 4.79 Å². The van der Waals surface area contributed by atoms with Crippen molar-refractivity contribution in [3.05, 3.63) is 25.2 Å². The van der Waals surface area contributed by atoms with Gasteiger partial charge in [0.05, 0.1) is 12.7 Å². The molecule has 0 atom stereocenters. The first-order chi connectivity index (χ1) is 7.65. The number of aromatic nitrogens is 2. The van der Waals surface area contributed by atoms with Crippen LogP contribution in [0.1, 0.15) is 0 Å². The summed E-state index contributed by atoms with van der Waals surface area (Å²) in [4.78, 5) is 20.2. The van der Waals surface area contributed by atoms with E-state index in [1.54, 1.807) is 7.05 Å². The van der Waals surface area contributed by atoms with E-state index in [1.165, 1.54) is 23.5 Å². The highest BCUT2D eigenvalue weighted by Gasteiger charge is 2.05. The van der Waals surface area contributed by atoms with E-state index in [2.05, 4.69) is 16.5 Å². The van der Waals surface area contributed by atoms with E-state index >= 15 is 0 Å². The fourth-order valence-electron chi connectivity index (χ4n) is 0.996. The van der Waals surface area contributed by atoms with E-state index in [1.807, 2.05) is 0 Å². The minimum absolute atomic E-state index is 0.152. The number of likely N-dealkylation sites (N-methyl/N-ethyl adjacent to an activating group) is 1. The molecule has 0 aromatic carbocycles. The SMILES string of the molecule is C=CC(=O)N(C)CCOc1cncnc1N. The average molecular weight is 222 g/mol. The van der Waals surface area contributed by atoms with Gasteiger partial charge < -0.3 is 15.4 Å². The standard InChI is InChI=1S/C10H14N4O2/c1-3-9(15)14(2)4-5-16-8-6-12-7-13-10(8)11/h3,6-7H,1,4-5H2,2H3,(H2,11,12,13). The van der Waals surface area contributed by atoms with E-state index in [-0.39, 0.29) is 11.7 Å². The second-order valence-corrected chi connectivity index (χ2v) is 3.08. The summed E-state index contributed by atoms with van der Waals surface area (Å²) in [5, 5.41) is 0. The maximum absolute atomic E-state index is 11.1. The van der Waals surface area contributed by atoms with Gasteiger partial charge in [0.2, 0.25) is 5.91 Å². The van der Waals surface area contributed by atoms with E-state index in [0.717, 1.165) is 0 Å². The molecule has 1 aromatic heterocycles. The Labute approximate surface area is 93.7 Å². The zero-order valence-corrected chi connectivity index (χ0v) is 9.09. The highest BCUT2D eigenvalue weighted by atomic mass is 16.5. The highest BCUT2D eigenvalue weighted by molar-refractivity contribution is 5.86. The van der Waals surface area contributed by atoms with Crippen LogP contribution in [0.3, 0.4) is 0 Å². The molecule has 1 aromatic rings. The van der Waals surface area contributed by atoms with Crippen molar-refractivity contribution in [1.82, 2.24) is 14.9 Å². The number of rotatable bonds is 5. The normalized spacial score (nSPS) is 9.56. The van der Waals surface area contributed by atoms with Crippen molar-refractivity contribution < 1.29 is 9.53 Å². The van der Waals surface area contributed by atoms with Crippen molar-refractivity contribution >= 4 is 11.7 Å². The number of amides is 1. The van der Waals surface area contributed by atoms with Crippen LogP contribution in [-0.2, 0) is 4.79 Å². The molecule has 16 heavy (non-hydrogen) atoms. The molecular weight excluding hydrogens is 208 g/mol. The topological polar surface area (TPSA) is 81.3 Å². The number of nitrogen functional groups attached to an aromatic ring is 1. The van der Waals surface area contributed by atoms with Crippen molar-refractivity contribution in [2.75, 3.05) is 25.9 Å².